The van der Waals surface area contributed by atoms with E-state index < -0.39 is 4.92 Å². The van der Waals surface area contributed by atoms with E-state index in [1.807, 2.05) is 4.90 Å². The zero-order valence-electron chi connectivity index (χ0n) is 15.1. The number of hydrogen-bond acceptors (Lipinski definition) is 5. The molecular formula is C19H24N2O5. The van der Waals surface area contributed by atoms with Gasteiger partial charge in [0, 0.05) is 18.7 Å². The molecule has 4 aliphatic rings. The third-order valence-corrected chi connectivity index (χ3v) is 6.30. The van der Waals surface area contributed by atoms with Gasteiger partial charge >= 0.3 is 0 Å². The Balaban J connectivity index is 1.72. The largest absolute Gasteiger partial charge is 0.493 e. The van der Waals surface area contributed by atoms with Crippen LogP contribution in [-0.4, -0.2) is 42.5 Å². The molecule has 140 valence electrons. The molecule has 4 bridgehead atoms. The van der Waals surface area contributed by atoms with E-state index in [9.17, 15) is 14.9 Å². The molecule has 2 saturated heterocycles. The van der Waals surface area contributed by atoms with Crippen molar-refractivity contribution >= 4 is 11.6 Å². The van der Waals surface area contributed by atoms with E-state index in [-0.39, 0.29) is 28.9 Å². The molecule has 1 aromatic rings. The first-order chi connectivity index (χ1) is 12.5. The predicted octanol–water partition coefficient (Wildman–Crippen LogP) is 3.26. The van der Waals surface area contributed by atoms with Crippen molar-refractivity contribution in [2.24, 2.45) is 17.8 Å². The van der Waals surface area contributed by atoms with Gasteiger partial charge in [0.15, 0.2) is 11.5 Å². The Morgan fingerprint density at radius 2 is 1.62 bits per heavy atom. The van der Waals surface area contributed by atoms with E-state index in [4.69, 9.17) is 9.47 Å². The molecule has 7 nitrogen and oxygen atoms in total. The molecule has 2 unspecified atom stereocenters. The van der Waals surface area contributed by atoms with Gasteiger partial charge in [-0.25, -0.2) is 0 Å². The number of benzene rings is 1. The van der Waals surface area contributed by atoms with Gasteiger partial charge in [0.05, 0.1) is 25.2 Å². The zero-order chi connectivity index (χ0) is 18.4. The summed E-state index contributed by atoms with van der Waals surface area (Å²) in [6.07, 6.45) is 5.71. The Morgan fingerprint density at radius 3 is 2.19 bits per heavy atom. The maximum absolute atomic E-state index is 13.3. The second-order valence-corrected chi connectivity index (χ2v) is 7.87. The molecule has 2 atom stereocenters. The van der Waals surface area contributed by atoms with Gasteiger partial charge < -0.3 is 14.4 Å². The van der Waals surface area contributed by atoms with Crippen molar-refractivity contribution in [2.75, 3.05) is 20.8 Å². The van der Waals surface area contributed by atoms with Gasteiger partial charge in [-0.1, -0.05) is 0 Å². The molecule has 1 aromatic carbocycles. The minimum absolute atomic E-state index is 0.0915. The number of nitrogens with zero attached hydrogens (tertiary/aromatic N) is 2. The predicted molar refractivity (Wildman–Crippen MR) is 94.6 cm³/mol. The summed E-state index contributed by atoms with van der Waals surface area (Å²) in [4.78, 5) is 26.3. The number of fused-ring (bicyclic) bond motifs is 1. The smallest absolute Gasteiger partial charge is 0.286 e. The van der Waals surface area contributed by atoms with E-state index in [0.717, 1.165) is 12.8 Å². The number of nitro groups is 1. The fourth-order valence-corrected chi connectivity index (χ4v) is 5.38. The molecule has 0 aromatic heterocycles. The summed E-state index contributed by atoms with van der Waals surface area (Å²) in [5.74, 6) is 2.27. The van der Waals surface area contributed by atoms with E-state index in [1.165, 1.54) is 45.6 Å². The van der Waals surface area contributed by atoms with Crippen molar-refractivity contribution in [1.29, 1.82) is 0 Å². The minimum atomic E-state index is -0.517. The van der Waals surface area contributed by atoms with Crippen LogP contribution in [-0.2, 0) is 0 Å². The third kappa shape index (κ3) is 2.79. The van der Waals surface area contributed by atoms with Gasteiger partial charge in [-0.3, -0.25) is 14.9 Å². The van der Waals surface area contributed by atoms with Gasteiger partial charge in [-0.05, 0) is 49.9 Å². The molecule has 26 heavy (non-hydrogen) atoms. The lowest BCUT2D eigenvalue weighted by Crippen LogP contribution is -2.42. The molecule has 7 heteroatoms. The first-order valence-corrected chi connectivity index (χ1v) is 9.21. The fraction of sp³-hybridized carbons (Fsp3) is 0.632. The molecule has 4 fully saturated rings. The van der Waals surface area contributed by atoms with Crippen LogP contribution in [0, 0.1) is 27.9 Å². The zero-order valence-corrected chi connectivity index (χ0v) is 15.1. The molecule has 0 radical (unpaired) electrons. The summed E-state index contributed by atoms with van der Waals surface area (Å²) in [6.45, 7) is 0.710. The maximum Gasteiger partial charge on any atom is 0.286 e. The topological polar surface area (TPSA) is 81.9 Å². The minimum Gasteiger partial charge on any atom is -0.493 e. The van der Waals surface area contributed by atoms with Crippen LogP contribution in [0.15, 0.2) is 12.1 Å². The molecule has 2 aliphatic carbocycles. The molecule has 2 saturated carbocycles. The highest BCUT2D eigenvalue weighted by Crippen LogP contribution is 2.48. The highest BCUT2D eigenvalue weighted by atomic mass is 16.6. The standard InChI is InChI=1S/C19H24N2O5/c1-25-17-8-15(16(21(23)24)9-18(17)26-2)19(22)20-10-13-4-11-3-12(5-13)7-14(20)6-11/h8-9,11-14H,3-7,10H2,1-2H3. The Hall–Kier alpha value is -2.31. The lowest BCUT2D eigenvalue weighted by Gasteiger charge is -2.39. The van der Waals surface area contributed by atoms with Crippen LogP contribution < -0.4 is 9.47 Å². The van der Waals surface area contributed by atoms with Crippen molar-refractivity contribution in [3.63, 3.8) is 0 Å². The van der Waals surface area contributed by atoms with Gasteiger partial charge in [-0.15, -0.1) is 0 Å². The average molecular weight is 360 g/mol. The Morgan fingerprint density at radius 1 is 1.04 bits per heavy atom. The first kappa shape index (κ1) is 17.1. The second kappa shape index (κ2) is 6.45. The highest BCUT2D eigenvalue weighted by Gasteiger charge is 2.45. The molecule has 1 amide bonds. The highest BCUT2D eigenvalue weighted by molar-refractivity contribution is 5.99. The fourth-order valence-electron chi connectivity index (χ4n) is 5.38. The SMILES string of the molecule is COc1cc(C(=O)N2CC3CC4CC(C3)CC2C4)c([N+](=O)[O-])cc1OC. The number of amides is 1. The lowest BCUT2D eigenvalue weighted by molar-refractivity contribution is -0.385. The van der Waals surface area contributed by atoms with Crippen LogP contribution in [0.1, 0.15) is 42.5 Å². The summed E-state index contributed by atoms with van der Waals surface area (Å²) in [5, 5.41) is 11.6. The Labute approximate surface area is 152 Å². The molecular weight excluding hydrogens is 336 g/mol. The van der Waals surface area contributed by atoms with Crippen LogP contribution >= 0.6 is 0 Å². The van der Waals surface area contributed by atoms with Crippen LogP contribution in [0.5, 0.6) is 11.5 Å². The Bertz CT molecular complexity index is 736. The number of nitro benzene ring substituents is 1. The number of ether oxygens (including phenoxy) is 2. The quantitative estimate of drug-likeness (QED) is 0.608. The van der Waals surface area contributed by atoms with Crippen molar-refractivity contribution < 1.29 is 19.2 Å². The van der Waals surface area contributed by atoms with Gasteiger partial charge in [0.1, 0.15) is 5.56 Å². The van der Waals surface area contributed by atoms with E-state index in [1.54, 1.807) is 0 Å². The second-order valence-electron chi connectivity index (χ2n) is 7.87. The normalized spacial score (nSPS) is 29.4. The van der Waals surface area contributed by atoms with Crippen molar-refractivity contribution in [1.82, 2.24) is 4.90 Å². The van der Waals surface area contributed by atoms with Crippen LogP contribution in [0.3, 0.4) is 0 Å². The van der Waals surface area contributed by atoms with Gasteiger partial charge in [-0.2, -0.15) is 0 Å². The summed E-state index contributed by atoms with van der Waals surface area (Å²) in [6, 6.07) is 2.94. The molecule has 2 aliphatic heterocycles. The maximum atomic E-state index is 13.3. The molecule has 0 spiro atoms. The van der Waals surface area contributed by atoms with Crippen LogP contribution in [0.2, 0.25) is 0 Å². The monoisotopic (exact) mass is 360 g/mol. The molecule has 2 heterocycles. The lowest BCUT2D eigenvalue weighted by atomic mass is 9.68. The molecule has 5 rings (SSSR count). The van der Waals surface area contributed by atoms with Crippen molar-refractivity contribution in [3.05, 3.63) is 27.8 Å². The number of hydrogen-bond donors (Lipinski definition) is 0. The van der Waals surface area contributed by atoms with E-state index in [0.29, 0.717) is 30.0 Å². The Kier molecular flexibility index (Phi) is 4.25. The number of rotatable bonds is 4. The summed E-state index contributed by atoms with van der Waals surface area (Å²) in [5.41, 5.74) is -0.134. The summed E-state index contributed by atoms with van der Waals surface area (Å²) < 4.78 is 10.4. The first-order valence-electron chi connectivity index (χ1n) is 9.21. The summed E-state index contributed by atoms with van der Waals surface area (Å²) in [7, 11) is 2.89. The molecule has 0 N–H and O–H groups in total. The van der Waals surface area contributed by atoms with E-state index >= 15 is 0 Å². The van der Waals surface area contributed by atoms with Gasteiger partial charge in [0.2, 0.25) is 0 Å². The number of carbonyl (C=O) groups excluding carboxylic acids is 1. The third-order valence-electron chi connectivity index (χ3n) is 6.30. The van der Waals surface area contributed by atoms with E-state index in [2.05, 4.69) is 0 Å². The average Bonchev–Trinajstić information content (AvgIpc) is 2.83. The summed E-state index contributed by atoms with van der Waals surface area (Å²) >= 11 is 0. The van der Waals surface area contributed by atoms with Crippen LogP contribution in [0.4, 0.5) is 5.69 Å². The van der Waals surface area contributed by atoms with Crippen molar-refractivity contribution in [2.45, 2.75) is 38.1 Å². The van der Waals surface area contributed by atoms with Gasteiger partial charge in [0.25, 0.3) is 11.6 Å². The van der Waals surface area contributed by atoms with Crippen molar-refractivity contribution in [3.8, 4) is 11.5 Å². The number of carbonyl (C=O) groups is 1. The number of methoxy groups -OCH3 is 2. The van der Waals surface area contributed by atoms with Crippen LogP contribution in [0.25, 0.3) is 0 Å².